The van der Waals surface area contributed by atoms with E-state index in [0.29, 0.717) is 12.7 Å². The Morgan fingerprint density at radius 3 is 2.50 bits per heavy atom. The third-order valence-electron chi connectivity index (χ3n) is 4.88. The molecule has 1 aliphatic heterocycles. The van der Waals surface area contributed by atoms with Gasteiger partial charge in [0.15, 0.2) is 11.5 Å². The monoisotopic (exact) mass is 411 g/mol. The highest BCUT2D eigenvalue weighted by Gasteiger charge is 2.12. The lowest BCUT2D eigenvalue weighted by Gasteiger charge is -2.03. The molecule has 0 aliphatic carbocycles. The summed E-state index contributed by atoms with van der Waals surface area (Å²) in [7, 11) is 0. The highest BCUT2D eigenvalue weighted by molar-refractivity contribution is 5.87. The van der Waals surface area contributed by atoms with Crippen LogP contribution in [0.25, 0.3) is 0 Å². The lowest BCUT2D eigenvalue weighted by atomic mass is 10.1. The summed E-state index contributed by atoms with van der Waals surface area (Å²) in [6, 6.07) is 6.16. The van der Waals surface area contributed by atoms with Crippen molar-refractivity contribution in [3.05, 3.63) is 60.2 Å². The predicted octanol–water partition coefficient (Wildman–Crippen LogP) is 6.13. The molecule has 4 heteroatoms. The Balaban J connectivity index is 1.41. The number of benzene rings is 1. The summed E-state index contributed by atoms with van der Waals surface area (Å²) in [4.78, 5) is 11.5. The summed E-state index contributed by atoms with van der Waals surface area (Å²) in [5, 5.41) is 2.87. The van der Waals surface area contributed by atoms with Crippen molar-refractivity contribution in [1.29, 1.82) is 0 Å². The maximum absolute atomic E-state index is 11.5. The first kappa shape index (κ1) is 23.8. The van der Waals surface area contributed by atoms with Crippen molar-refractivity contribution < 1.29 is 14.3 Å². The molecule has 1 aromatic rings. The smallest absolute Gasteiger partial charge is 0.243 e. The maximum atomic E-state index is 11.5. The summed E-state index contributed by atoms with van der Waals surface area (Å²) in [6.45, 7) is 5.23. The van der Waals surface area contributed by atoms with Gasteiger partial charge in [-0.3, -0.25) is 4.79 Å². The van der Waals surface area contributed by atoms with Crippen LogP contribution in [-0.2, 0) is 11.2 Å². The minimum absolute atomic E-state index is 0.0155. The van der Waals surface area contributed by atoms with Crippen LogP contribution in [-0.4, -0.2) is 19.2 Å². The number of hydrogen-bond acceptors (Lipinski definition) is 3. The Kier molecular flexibility index (Phi) is 11.5. The van der Waals surface area contributed by atoms with Crippen molar-refractivity contribution in [1.82, 2.24) is 5.32 Å². The van der Waals surface area contributed by atoms with Gasteiger partial charge in [0.2, 0.25) is 12.7 Å². The fraction of sp³-hybridized carbons (Fsp3) is 0.500. The number of carbonyl (C=O) groups excluding carboxylic acids is 1. The molecular formula is C26H37NO3. The molecule has 0 bridgehead atoms. The summed E-state index contributed by atoms with van der Waals surface area (Å²) >= 11 is 0. The van der Waals surface area contributed by atoms with Crippen LogP contribution in [0.2, 0.25) is 0 Å². The summed E-state index contributed by atoms with van der Waals surface area (Å²) in [6.07, 6.45) is 21.5. The first-order valence-electron chi connectivity index (χ1n) is 11.3. The van der Waals surface area contributed by atoms with E-state index in [1.807, 2.05) is 18.2 Å². The normalized spacial score (nSPS) is 13.3. The molecule has 0 fully saturated rings. The van der Waals surface area contributed by atoms with Gasteiger partial charge in [0.1, 0.15) is 0 Å². The van der Waals surface area contributed by atoms with Crippen LogP contribution in [0.5, 0.6) is 11.5 Å². The van der Waals surface area contributed by atoms with E-state index < -0.39 is 0 Å². The van der Waals surface area contributed by atoms with Gasteiger partial charge in [0, 0.05) is 12.6 Å². The van der Waals surface area contributed by atoms with Gasteiger partial charge in [-0.25, -0.2) is 0 Å². The largest absolute Gasteiger partial charge is 0.454 e. The van der Waals surface area contributed by atoms with Crippen molar-refractivity contribution in [3.63, 3.8) is 0 Å². The number of hydrogen-bond donors (Lipinski definition) is 1. The average Bonchev–Trinajstić information content (AvgIpc) is 3.20. The zero-order valence-corrected chi connectivity index (χ0v) is 18.6. The molecule has 1 aromatic carbocycles. The molecule has 164 valence electrons. The number of ether oxygens (including phenoxy) is 2. The van der Waals surface area contributed by atoms with Crippen molar-refractivity contribution in [3.8, 4) is 11.5 Å². The molecule has 1 heterocycles. The molecule has 2 rings (SSSR count). The van der Waals surface area contributed by atoms with Crippen LogP contribution < -0.4 is 14.8 Å². The Morgan fingerprint density at radius 2 is 1.70 bits per heavy atom. The van der Waals surface area contributed by atoms with Gasteiger partial charge in [-0.2, -0.15) is 0 Å². The number of unbranched alkanes of at least 4 members (excludes halogenated alkanes) is 6. The quantitative estimate of drug-likeness (QED) is 0.173. The second kappa shape index (κ2) is 14.5. The molecule has 1 aliphatic rings. The van der Waals surface area contributed by atoms with Crippen LogP contribution in [0.3, 0.4) is 0 Å². The van der Waals surface area contributed by atoms with Gasteiger partial charge in [0.25, 0.3) is 0 Å². The van der Waals surface area contributed by atoms with Gasteiger partial charge in [-0.05, 0) is 55.7 Å². The molecular weight excluding hydrogens is 374 g/mol. The van der Waals surface area contributed by atoms with E-state index >= 15 is 0 Å². The maximum Gasteiger partial charge on any atom is 0.243 e. The SMILES string of the molecule is CC(C)CNC(=O)C=CC=CCCCCCCCC=CCc1ccc2c(c1)OCO2. The lowest BCUT2D eigenvalue weighted by Crippen LogP contribution is -2.25. The van der Waals surface area contributed by atoms with Gasteiger partial charge in [-0.15, -0.1) is 0 Å². The standard InChI is InChI=1S/C26H37NO3/c1-22(2)20-27-26(28)16-14-12-10-8-6-4-3-5-7-9-11-13-15-23-17-18-24-25(19-23)30-21-29-24/h10-14,16-19,22H,3-9,15,20-21H2,1-2H3,(H,27,28). The third kappa shape index (κ3) is 10.3. The molecule has 30 heavy (non-hydrogen) atoms. The number of nitrogens with one attached hydrogen (secondary N) is 1. The van der Waals surface area contributed by atoms with E-state index in [1.54, 1.807) is 6.08 Å². The van der Waals surface area contributed by atoms with E-state index in [0.717, 1.165) is 37.3 Å². The Hall–Kier alpha value is -2.49. The highest BCUT2D eigenvalue weighted by atomic mass is 16.7. The summed E-state index contributed by atoms with van der Waals surface area (Å²) in [5.41, 5.74) is 1.26. The number of allylic oxidation sites excluding steroid dienone is 5. The molecule has 0 atom stereocenters. The first-order chi connectivity index (χ1) is 14.6. The van der Waals surface area contributed by atoms with Crippen molar-refractivity contribution in [2.24, 2.45) is 5.92 Å². The summed E-state index contributed by atoms with van der Waals surface area (Å²) in [5.74, 6) is 2.17. The number of fused-ring (bicyclic) bond motifs is 1. The second-order valence-electron chi connectivity index (χ2n) is 8.13. The van der Waals surface area contributed by atoms with Crippen molar-refractivity contribution in [2.75, 3.05) is 13.3 Å². The zero-order chi connectivity index (χ0) is 21.4. The van der Waals surface area contributed by atoms with Crippen LogP contribution in [0.15, 0.2) is 54.7 Å². The highest BCUT2D eigenvalue weighted by Crippen LogP contribution is 2.32. The Bertz CT molecular complexity index is 719. The van der Waals surface area contributed by atoms with Gasteiger partial charge >= 0.3 is 0 Å². The molecule has 0 spiro atoms. The Labute approximate surface area is 182 Å². The molecule has 0 radical (unpaired) electrons. The van der Waals surface area contributed by atoms with E-state index in [2.05, 4.69) is 49.5 Å². The van der Waals surface area contributed by atoms with E-state index in [1.165, 1.54) is 37.7 Å². The van der Waals surface area contributed by atoms with E-state index in [9.17, 15) is 4.79 Å². The average molecular weight is 412 g/mol. The van der Waals surface area contributed by atoms with Gasteiger partial charge < -0.3 is 14.8 Å². The Morgan fingerprint density at radius 1 is 0.967 bits per heavy atom. The van der Waals surface area contributed by atoms with E-state index in [4.69, 9.17) is 9.47 Å². The van der Waals surface area contributed by atoms with Crippen LogP contribution in [0.4, 0.5) is 0 Å². The minimum atomic E-state index is -0.0155. The fourth-order valence-electron chi connectivity index (χ4n) is 3.14. The lowest BCUT2D eigenvalue weighted by molar-refractivity contribution is -0.116. The predicted molar refractivity (Wildman–Crippen MR) is 124 cm³/mol. The molecule has 1 N–H and O–H groups in total. The number of rotatable bonds is 14. The fourth-order valence-corrected chi connectivity index (χ4v) is 3.14. The molecule has 0 saturated carbocycles. The van der Waals surface area contributed by atoms with Crippen LogP contribution in [0, 0.1) is 5.92 Å². The van der Waals surface area contributed by atoms with Gasteiger partial charge in [0.05, 0.1) is 0 Å². The van der Waals surface area contributed by atoms with Crippen molar-refractivity contribution >= 4 is 5.91 Å². The number of amides is 1. The van der Waals surface area contributed by atoms with Crippen LogP contribution >= 0.6 is 0 Å². The third-order valence-corrected chi connectivity index (χ3v) is 4.88. The van der Waals surface area contributed by atoms with Gasteiger partial charge in [-0.1, -0.05) is 69.6 Å². The molecule has 0 aromatic heterocycles. The zero-order valence-electron chi connectivity index (χ0n) is 18.6. The second-order valence-corrected chi connectivity index (χ2v) is 8.13. The molecule has 1 amide bonds. The molecule has 4 nitrogen and oxygen atoms in total. The topological polar surface area (TPSA) is 47.6 Å². The van der Waals surface area contributed by atoms with Crippen molar-refractivity contribution in [2.45, 2.75) is 65.2 Å². The first-order valence-corrected chi connectivity index (χ1v) is 11.3. The van der Waals surface area contributed by atoms with Crippen LogP contribution in [0.1, 0.15) is 64.4 Å². The number of carbonyl (C=O) groups is 1. The molecule has 0 unspecified atom stereocenters. The molecule has 0 saturated heterocycles. The van der Waals surface area contributed by atoms with E-state index in [-0.39, 0.29) is 5.91 Å². The minimum Gasteiger partial charge on any atom is -0.454 e. The summed E-state index contributed by atoms with van der Waals surface area (Å²) < 4.78 is 10.8.